The third kappa shape index (κ3) is 2.63. The van der Waals surface area contributed by atoms with Crippen LogP contribution in [0.25, 0.3) is 0 Å². The summed E-state index contributed by atoms with van der Waals surface area (Å²) in [7, 11) is 5.73. The van der Waals surface area contributed by atoms with Gasteiger partial charge in [-0.2, -0.15) is 0 Å². The molecule has 0 amide bonds. The SMILES string of the molecule is CNCN(C)c1cc(C)c(OC)c(C)c1. The molecule has 1 aromatic rings. The van der Waals surface area contributed by atoms with Crippen molar-refractivity contribution in [2.75, 3.05) is 32.8 Å². The Hall–Kier alpha value is -1.22. The van der Waals surface area contributed by atoms with E-state index in [2.05, 4.69) is 43.2 Å². The highest BCUT2D eigenvalue weighted by molar-refractivity contribution is 5.56. The molecule has 3 heteroatoms. The highest BCUT2D eigenvalue weighted by atomic mass is 16.5. The van der Waals surface area contributed by atoms with Gasteiger partial charge < -0.3 is 15.0 Å². The quantitative estimate of drug-likeness (QED) is 0.765. The van der Waals surface area contributed by atoms with Gasteiger partial charge in [0.1, 0.15) is 5.75 Å². The van der Waals surface area contributed by atoms with Crippen molar-refractivity contribution in [2.24, 2.45) is 0 Å². The molecule has 0 bridgehead atoms. The Morgan fingerprint density at radius 1 is 1.27 bits per heavy atom. The standard InChI is InChI=1S/C12H20N2O/c1-9-6-11(14(4)8-13-3)7-10(2)12(9)15-5/h6-7,13H,8H2,1-5H3. The Balaban J connectivity index is 3.02. The van der Waals surface area contributed by atoms with E-state index in [9.17, 15) is 0 Å². The van der Waals surface area contributed by atoms with Crippen molar-refractivity contribution in [2.45, 2.75) is 13.8 Å². The fourth-order valence-electron chi connectivity index (χ4n) is 1.80. The number of rotatable bonds is 4. The maximum atomic E-state index is 5.34. The number of ether oxygens (including phenoxy) is 1. The molecule has 0 saturated carbocycles. The largest absolute Gasteiger partial charge is 0.496 e. The molecular formula is C12H20N2O. The lowest BCUT2D eigenvalue weighted by molar-refractivity contribution is 0.408. The van der Waals surface area contributed by atoms with E-state index in [1.54, 1.807) is 7.11 Å². The van der Waals surface area contributed by atoms with Crippen LogP contribution in [0, 0.1) is 13.8 Å². The number of nitrogens with one attached hydrogen (secondary N) is 1. The minimum absolute atomic E-state index is 0.839. The van der Waals surface area contributed by atoms with E-state index in [1.807, 2.05) is 7.05 Å². The van der Waals surface area contributed by atoms with Crippen molar-refractivity contribution in [3.05, 3.63) is 23.3 Å². The van der Waals surface area contributed by atoms with E-state index in [0.717, 1.165) is 12.4 Å². The molecule has 0 aliphatic heterocycles. The number of methoxy groups -OCH3 is 1. The number of anilines is 1. The lowest BCUT2D eigenvalue weighted by Gasteiger charge is -2.21. The highest BCUT2D eigenvalue weighted by Crippen LogP contribution is 2.27. The van der Waals surface area contributed by atoms with Crippen molar-refractivity contribution in [3.63, 3.8) is 0 Å². The maximum absolute atomic E-state index is 5.34. The van der Waals surface area contributed by atoms with Crippen molar-refractivity contribution >= 4 is 5.69 Å². The highest BCUT2D eigenvalue weighted by Gasteiger charge is 2.07. The summed E-state index contributed by atoms with van der Waals surface area (Å²) in [5.41, 5.74) is 3.56. The summed E-state index contributed by atoms with van der Waals surface area (Å²) < 4.78 is 5.34. The van der Waals surface area contributed by atoms with Crippen LogP contribution < -0.4 is 15.0 Å². The second-order valence-electron chi connectivity index (χ2n) is 3.82. The molecule has 0 atom stereocenters. The molecule has 0 fully saturated rings. The average Bonchev–Trinajstić information content (AvgIpc) is 2.17. The summed E-state index contributed by atoms with van der Waals surface area (Å²) in [5, 5.41) is 3.13. The summed E-state index contributed by atoms with van der Waals surface area (Å²) in [5.74, 6) is 0.983. The Kier molecular flexibility index (Phi) is 3.97. The average molecular weight is 208 g/mol. The van der Waals surface area contributed by atoms with Gasteiger partial charge in [0.2, 0.25) is 0 Å². The Morgan fingerprint density at radius 3 is 2.20 bits per heavy atom. The molecule has 0 aromatic heterocycles. The van der Waals surface area contributed by atoms with Crippen LogP contribution in [0.5, 0.6) is 5.75 Å². The van der Waals surface area contributed by atoms with Gasteiger partial charge in [-0.15, -0.1) is 0 Å². The van der Waals surface area contributed by atoms with Gasteiger partial charge in [-0.3, -0.25) is 0 Å². The fourth-order valence-corrected chi connectivity index (χ4v) is 1.80. The first-order chi connectivity index (χ1) is 7.10. The minimum atomic E-state index is 0.839. The molecule has 3 nitrogen and oxygen atoms in total. The van der Waals surface area contributed by atoms with E-state index < -0.39 is 0 Å². The van der Waals surface area contributed by atoms with Gasteiger partial charge in [-0.05, 0) is 44.2 Å². The topological polar surface area (TPSA) is 24.5 Å². The third-order valence-corrected chi connectivity index (χ3v) is 2.49. The fraction of sp³-hybridized carbons (Fsp3) is 0.500. The smallest absolute Gasteiger partial charge is 0.124 e. The molecule has 0 spiro atoms. The zero-order valence-electron chi connectivity index (χ0n) is 10.2. The van der Waals surface area contributed by atoms with Crippen LogP contribution in [-0.4, -0.2) is 27.9 Å². The molecule has 0 unspecified atom stereocenters. The van der Waals surface area contributed by atoms with Crippen LogP contribution in [0.15, 0.2) is 12.1 Å². The van der Waals surface area contributed by atoms with E-state index in [-0.39, 0.29) is 0 Å². The predicted octanol–water partition coefficient (Wildman–Crippen LogP) is 1.93. The number of hydrogen-bond donors (Lipinski definition) is 1. The number of aryl methyl sites for hydroxylation is 2. The van der Waals surface area contributed by atoms with E-state index in [1.165, 1.54) is 16.8 Å². The molecule has 0 aliphatic rings. The summed E-state index contributed by atoms with van der Waals surface area (Å²) in [4.78, 5) is 2.17. The van der Waals surface area contributed by atoms with Gasteiger partial charge in [-0.25, -0.2) is 0 Å². The molecule has 1 N–H and O–H groups in total. The van der Waals surface area contributed by atoms with Gasteiger partial charge >= 0.3 is 0 Å². The van der Waals surface area contributed by atoms with Crippen LogP contribution in [0.1, 0.15) is 11.1 Å². The number of benzene rings is 1. The van der Waals surface area contributed by atoms with Crippen LogP contribution in [0.4, 0.5) is 5.69 Å². The number of hydrogen-bond acceptors (Lipinski definition) is 3. The molecule has 1 rings (SSSR count). The Labute approximate surface area is 92.0 Å². The molecule has 84 valence electrons. The molecule has 1 aromatic carbocycles. The first kappa shape index (κ1) is 11.9. The maximum Gasteiger partial charge on any atom is 0.124 e. The summed E-state index contributed by atoms with van der Waals surface area (Å²) >= 11 is 0. The van der Waals surface area contributed by atoms with E-state index in [4.69, 9.17) is 4.74 Å². The second kappa shape index (κ2) is 5.03. The van der Waals surface area contributed by atoms with Crippen molar-refractivity contribution < 1.29 is 4.74 Å². The number of nitrogens with zero attached hydrogens (tertiary/aromatic N) is 1. The van der Waals surface area contributed by atoms with Crippen LogP contribution in [0.2, 0.25) is 0 Å². The van der Waals surface area contributed by atoms with Crippen molar-refractivity contribution in [1.29, 1.82) is 0 Å². The predicted molar refractivity (Wildman–Crippen MR) is 64.8 cm³/mol. The normalized spacial score (nSPS) is 10.2. The van der Waals surface area contributed by atoms with Gasteiger partial charge in [0, 0.05) is 12.7 Å². The first-order valence-corrected chi connectivity index (χ1v) is 5.11. The summed E-state index contributed by atoms with van der Waals surface area (Å²) in [6.07, 6.45) is 0. The molecule has 15 heavy (non-hydrogen) atoms. The Morgan fingerprint density at radius 2 is 1.80 bits per heavy atom. The second-order valence-corrected chi connectivity index (χ2v) is 3.82. The van der Waals surface area contributed by atoms with Crippen LogP contribution in [-0.2, 0) is 0 Å². The lowest BCUT2D eigenvalue weighted by atomic mass is 10.1. The van der Waals surface area contributed by atoms with Crippen LogP contribution in [0.3, 0.4) is 0 Å². The van der Waals surface area contributed by atoms with E-state index >= 15 is 0 Å². The van der Waals surface area contributed by atoms with Crippen molar-refractivity contribution in [3.8, 4) is 5.75 Å². The van der Waals surface area contributed by atoms with Gasteiger partial charge in [-0.1, -0.05) is 0 Å². The molecule has 0 radical (unpaired) electrons. The monoisotopic (exact) mass is 208 g/mol. The minimum Gasteiger partial charge on any atom is -0.496 e. The van der Waals surface area contributed by atoms with E-state index in [0.29, 0.717) is 0 Å². The summed E-state index contributed by atoms with van der Waals surface area (Å²) in [6.45, 7) is 4.98. The molecular weight excluding hydrogens is 188 g/mol. The zero-order chi connectivity index (χ0) is 11.4. The first-order valence-electron chi connectivity index (χ1n) is 5.11. The molecule has 0 saturated heterocycles. The third-order valence-electron chi connectivity index (χ3n) is 2.49. The van der Waals surface area contributed by atoms with Crippen LogP contribution >= 0.6 is 0 Å². The van der Waals surface area contributed by atoms with Gasteiger partial charge in [0.25, 0.3) is 0 Å². The molecule has 0 heterocycles. The van der Waals surface area contributed by atoms with Crippen molar-refractivity contribution in [1.82, 2.24) is 5.32 Å². The van der Waals surface area contributed by atoms with Gasteiger partial charge in [0.05, 0.1) is 13.8 Å². The Bertz CT molecular complexity index is 313. The van der Waals surface area contributed by atoms with Gasteiger partial charge in [0.15, 0.2) is 0 Å². The molecule has 0 aliphatic carbocycles. The zero-order valence-corrected chi connectivity index (χ0v) is 10.2. The summed E-state index contributed by atoms with van der Waals surface area (Å²) in [6, 6.07) is 4.28. The lowest BCUT2D eigenvalue weighted by Crippen LogP contribution is -2.28.